The molecule has 56 valence electrons. The Labute approximate surface area is 68.0 Å². The number of pyridine rings is 1. The Morgan fingerprint density at radius 2 is 2.45 bits per heavy atom. The van der Waals surface area contributed by atoms with Crippen LogP contribution < -0.4 is 5.73 Å². The first kappa shape index (κ1) is 6.69. The Kier molecular flexibility index (Phi) is 1.56. The van der Waals surface area contributed by atoms with Crippen molar-refractivity contribution in [3.63, 3.8) is 0 Å². The van der Waals surface area contributed by atoms with E-state index in [2.05, 4.69) is 9.36 Å². The van der Waals surface area contributed by atoms with Crippen LogP contribution in [0.3, 0.4) is 0 Å². The average Bonchev–Trinajstić information content (AvgIpc) is 2.47. The maximum absolute atomic E-state index is 5.48. The molecule has 0 amide bonds. The fourth-order valence-electron chi connectivity index (χ4n) is 0.992. The number of aromatic nitrogens is 2. The Morgan fingerprint density at radius 3 is 3.27 bits per heavy atom. The molecular weight excluding hydrogens is 158 g/mol. The Bertz CT molecular complexity index is 368. The molecule has 3 nitrogen and oxygen atoms in total. The minimum atomic E-state index is 0.504. The van der Waals surface area contributed by atoms with Crippen LogP contribution >= 0.6 is 11.5 Å². The molecule has 2 rings (SSSR count). The average molecular weight is 165 g/mol. The van der Waals surface area contributed by atoms with Gasteiger partial charge < -0.3 is 5.73 Å². The fourth-order valence-corrected chi connectivity index (χ4v) is 1.77. The summed E-state index contributed by atoms with van der Waals surface area (Å²) in [4.78, 5) is 3.99. The van der Waals surface area contributed by atoms with E-state index in [0.29, 0.717) is 6.54 Å². The van der Waals surface area contributed by atoms with Gasteiger partial charge in [0.1, 0.15) is 0 Å². The van der Waals surface area contributed by atoms with Crippen LogP contribution in [0.2, 0.25) is 0 Å². The van der Waals surface area contributed by atoms with Crippen molar-refractivity contribution < 1.29 is 0 Å². The highest BCUT2D eigenvalue weighted by Gasteiger charge is 2.01. The van der Waals surface area contributed by atoms with E-state index in [0.717, 1.165) is 15.8 Å². The lowest BCUT2D eigenvalue weighted by atomic mass is 10.2. The zero-order valence-electron chi connectivity index (χ0n) is 5.82. The molecule has 0 bridgehead atoms. The van der Waals surface area contributed by atoms with Gasteiger partial charge in [0.05, 0.1) is 10.4 Å². The maximum atomic E-state index is 5.48. The van der Waals surface area contributed by atoms with Crippen molar-refractivity contribution in [3.8, 4) is 0 Å². The van der Waals surface area contributed by atoms with E-state index in [-0.39, 0.29) is 0 Å². The van der Waals surface area contributed by atoms with Gasteiger partial charge in [-0.2, -0.15) is 4.37 Å². The highest BCUT2D eigenvalue weighted by molar-refractivity contribution is 7.13. The van der Waals surface area contributed by atoms with E-state index in [4.69, 9.17) is 5.73 Å². The van der Waals surface area contributed by atoms with Crippen LogP contribution in [0, 0.1) is 0 Å². The van der Waals surface area contributed by atoms with Crippen LogP contribution in [-0.4, -0.2) is 9.36 Å². The van der Waals surface area contributed by atoms with E-state index in [1.165, 1.54) is 11.5 Å². The van der Waals surface area contributed by atoms with Gasteiger partial charge in [0.15, 0.2) is 0 Å². The molecule has 2 aromatic heterocycles. The number of nitrogens with two attached hydrogens (primary N) is 1. The molecule has 0 atom stereocenters. The monoisotopic (exact) mass is 165 g/mol. The Balaban J connectivity index is 2.76. The van der Waals surface area contributed by atoms with E-state index in [1.807, 2.05) is 12.3 Å². The molecule has 2 aromatic rings. The van der Waals surface area contributed by atoms with Crippen molar-refractivity contribution >= 4 is 21.6 Å². The van der Waals surface area contributed by atoms with Gasteiger partial charge in [0.2, 0.25) is 0 Å². The predicted octanol–water partition coefficient (Wildman–Crippen LogP) is 1.15. The third-order valence-electron chi connectivity index (χ3n) is 1.54. The minimum absolute atomic E-state index is 0.504. The highest BCUT2D eigenvalue weighted by Crippen LogP contribution is 2.20. The largest absolute Gasteiger partial charge is 0.325 e. The summed E-state index contributed by atoms with van der Waals surface area (Å²) < 4.78 is 5.30. The lowest BCUT2D eigenvalue weighted by Gasteiger charge is -1.88. The minimum Gasteiger partial charge on any atom is -0.325 e. The van der Waals surface area contributed by atoms with E-state index >= 15 is 0 Å². The second-order valence-corrected chi connectivity index (χ2v) is 3.01. The summed E-state index contributed by atoms with van der Waals surface area (Å²) in [5.41, 5.74) is 6.45. The van der Waals surface area contributed by atoms with E-state index in [1.54, 1.807) is 6.20 Å². The number of hydrogen-bond acceptors (Lipinski definition) is 4. The van der Waals surface area contributed by atoms with Crippen LogP contribution in [0.25, 0.3) is 10.1 Å². The van der Waals surface area contributed by atoms with Crippen LogP contribution in [0.4, 0.5) is 0 Å². The smallest absolute Gasteiger partial charge is 0.0757 e. The van der Waals surface area contributed by atoms with Crippen LogP contribution in [-0.2, 0) is 6.54 Å². The topological polar surface area (TPSA) is 51.8 Å². The van der Waals surface area contributed by atoms with Crippen molar-refractivity contribution in [2.24, 2.45) is 5.73 Å². The van der Waals surface area contributed by atoms with Crippen molar-refractivity contribution in [2.75, 3.05) is 0 Å². The molecule has 0 saturated carbocycles. The molecule has 0 saturated heterocycles. The number of hydrogen-bond donors (Lipinski definition) is 1. The Morgan fingerprint density at radius 1 is 1.55 bits per heavy atom. The van der Waals surface area contributed by atoms with Gasteiger partial charge in [-0.15, -0.1) is 0 Å². The SMILES string of the molecule is NCc1nsc2cnccc12. The zero-order chi connectivity index (χ0) is 7.68. The molecule has 2 heterocycles. The van der Waals surface area contributed by atoms with Crippen molar-refractivity contribution in [3.05, 3.63) is 24.2 Å². The fraction of sp³-hybridized carbons (Fsp3) is 0.143. The van der Waals surface area contributed by atoms with Gasteiger partial charge in [0.25, 0.3) is 0 Å². The standard InChI is InChI=1S/C7H7N3S/c8-3-6-5-1-2-9-4-7(5)11-10-6/h1-2,4H,3,8H2. The summed E-state index contributed by atoms with van der Waals surface area (Å²) in [5.74, 6) is 0. The predicted molar refractivity (Wildman–Crippen MR) is 45.3 cm³/mol. The molecule has 0 aliphatic heterocycles. The molecule has 0 aromatic carbocycles. The quantitative estimate of drug-likeness (QED) is 0.689. The molecule has 0 spiro atoms. The third-order valence-corrected chi connectivity index (χ3v) is 2.38. The third kappa shape index (κ3) is 1.00. The first-order valence-electron chi connectivity index (χ1n) is 3.30. The van der Waals surface area contributed by atoms with Gasteiger partial charge in [-0.3, -0.25) is 4.98 Å². The molecular formula is C7H7N3S. The number of nitrogens with zero attached hydrogens (tertiary/aromatic N) is 2. The lowest BCUT2D eigenvalue weighted by Crippen LogP contribution is -1.95. The van der Waals surface area contributed by atoms with Crippen molar-refractivity contribution in [2.45, 2.75) is 6.54 Å². The molecule has 4 heteroatoms. The van der Waals surface area contributed by atoms with Gasteiger partial charge in [0, 0.05) is 24.3 Å². The zero-order valence-corrected chi connectivity index (χ0v) is 6.64. The van der Waals surface area contributed by atoms with Gasteiger partial charge in [-0.1, -0.05) is 0 Å². The summed E-state index contributed by atoms with van der Waals surface area (Å²) >= 11 is 1.45. The van der Waals surface area contributed by atoms with Gasteiger partial charge >= 0.3 is 0 Å². The number of rotatable bonds is 1. The van der Waals surface area contributed by atoms with Crippen molar-refractivity contribution in [1.29, 1.82) is 0 Å². The van der Waals surface area contributed by atoms with E-state index < -0.39 is 0 Å². The normalized spacial score (nSPS) is 10.6. The Hall–Kier alpha value is -1.00. The van der Waals surface area contributed by atoms with Crippen molar-refractivity contribution in [1.82, 2.24) is 9.36 Å². The van der Waals surface area contributed by atoms with Crippen LogP contribution in [0.1, 0.15) is 5.69 Å². The second kappa shape index (κ2) is 2.56. The first-order chi connectivity index (χ1) is 5.42. The maximum Gasteiger partial charge on any atom is 0.0757 e. The summed E-state index contributed by atoms with van der Waals surface area (Å²) in [6, 6.07) is 1.95. The molecule has 0 aliphatic rings. The summed E-state index contributed by atoms with van der Waals surface area (Å²) in [6.45, 7) is 0.504. The van der Waals surface area contributed by atoms with Crippen LogP contribution in [0.15, 0.2) is 18.5 Å². The molecule has 0 fully saturated rings. The lowest BCUT2D eigenvalue weighted by molar-refractivity contribution is 1.04. The second-order valence-electron chi connectivity index (χ2n) is 2.21. The molecule has 0 aliphatic carbocycles. The molecule has 0 radical (unpaired) electrons. The van der Waals surface area contributed by atoms with Crippen LogP contribution in [0.5, 0.6) is 0 Å². The molecule has 0 unspecified atom stereocenters. The first-order valence-corrected chi connectivity index (χ1v) is 4.07. The summed E-state index contributed by atoms with van der Waals surface area (Å²) in [6.07, 6.45) is 3.57. The molecule has 11 heavy (non-hydrogen) atoms. The summed E-state index contributed by atoms with van der Waals surface area (Å²) in [5, 5.41) is 1.13. The highest BCUT2D eigenvalue weighted by atomic mass is 32.1. The van der Waals surface area contributed by atoms with Gasteiger partial charge in [-0.05, 0) is 17.6 Å². The van der Waals surface area contributed by atoms with E-state index in [9.17, 15) is 0 Å². The number of fused-ring (bicyclic) bond motifs is 1. The molecule has 2 N–H and O–H groups in total. The summed E-state index contributed by atoms with van der Waals surface area (Å²) in [7, 11) is 0. The van der Waals surface area contributed by atoms with Gasteiger partial charge in [-0.25, -0.2) is 0 Å².